The van der Waals surface area contributed by atoms with Crippen LogP contribution in [0.4, 0.5) is 0 Å². The van der Waals surface area contributed by atoms with Gasteiger partial charge in [-0.1, -0.05) is 96.6 Å². The zero-order chi connectivity index (χ0) is 25.2. The lowest BCUT2D eigenvalue weighted by molar-refractivity contribution is -0.359. The molecule has 6 nitrogen and oxygen atoms in total. The van der Waals surface area contributed by atoms with Crippen LogP contribution in [0.25, 0.3) is 0 Å². The lowest BCUT2D eigenvalue weighted by Gasteiger charge is -2.47. The summed E-state index contributed by atoms with van der Waals surface area (Å²) >= 11 is 0. The standard InChI is InChI=1S/C28H54O6/c1-3-5-7-8-9-10-11-12-13-14-15-16-17-18-19-20-21-23(29)26-24(30)25(31)27(32)28(33,34-26)22-6-4-2/h12-13,23-27,29-33H,3-11,14-22H2,1-2H3/t23?,24-,25-,26+,27+,28?/m0/s1. The second-order valence-corrected chi connectivity index (χ2v) is 10.3. The van der Waals surface area contributed by atoms with Crippen molar-refractivity contribution in [3.63, 3.8) is 0 Å². The van der Waals surface area contributed by atoms with Crippen LogP contribution in [0, 0.1) is 0 Å². The summed E-state index contributed by atoms with van der Waals surface area (Å²) in [6.07, 6.45) is 16.9. The Hall–Kier alpha value is -0.500. The summed E-state index contributed by atoms with van der Waals surface area (Å²) < 4.78 is 5.55. The number of unbranched alkanes of at least 4 members (excludes halogenated alkanes) is 13. The molecule has 0 aromatic rings. The van der Waals surface area contributed by atoms with Gasteiger partial charge in [-0.2, -0.15) is 0 Å². The summed E-state index contributed by atoms with van der Waals surface area (Å²) in [7, 11) is 0. The first kappa shape index (κ1) is 31.5. The summed E-state index contributed by atoms with van der Waals surface area (Å²) in [5, 5.41) is 51.7. The summed E-state index contributed by atoms with van der Waals surface area (Å²) in [5.41, 5.74) is 0. The van der Waals surface area contributed by atoms with E-state index in [1.807, 2.05) is 6.92 Å². The third-order valence-corrected chi connectivity index (χ3v) is 7.09. The first-order chi connectivity index (χ1) is 16.4. The highest BCUT2D eigenvalue weighted by atomic mass is 16.7. The molecule has 0 bridgehead atoms. The molecule has 1 rings (SSSR count). The molecular weight excluding hydrogens is 432 g/mol. The molecule has 1 aliphatic rings. The molecular formula is C28H54O6. The minimum Gasteiger partial charge on any atom is -0.390 e. The van der Waals surface area contributed by atoms with E-state index in [2.05, 4.69) is 19.1 Å². The number of allylic oxidation sites excluding steroid dienone is 2. The maximum absolute atomic E-state index is 10.6. The Bertz CT molecular complexity index is 513. The molecule has 1 saturated heterocycles. The van der Waals surface area contributed by atoms with Gasteiger partial charge in [0, 0.05) is 6.42 Å². The molecule has 0 spiro atoms. The van der Waals surface area contributed by atoms with Gasteiger partial charge >= 0.3 is 0 Å². The van der Waals surface area contributed by atoms with Crippen molar-refractivity contribution < 1.29 is 30.3 Å². The molecule has 0 aromatic heterocycles. The van der Waals surface area contributed by atoms with Crippen molar-refractivity contribution in [2.24, 2.45) is 0 Å². The second kappa shape index (κ2) is 18.7. The zero-order valence-corrected chi connectivity index (χ0v) is 21.9. The second-order valence-electron chi connectivity index (χ2n) is 10.3. The average Bonchev–Trinajstić information content (AvgIpc) is 2.83. The van der Waals surface area contributed by atoms with Crippen LogP contribution in [0.1, 0.15) is 129 Å². The van der Waals surface area contributed by atoms with Crippen LogP contribution >= 0.6 is 0 Å². The summed E-state index contributed by atoms with van der Waals surface area (Å²) in [5.74, 6) is -1.94. The lowest BCUT2D eigenvalue weighted by atomic mass is 9.86. The van der Waals surface area contributed by atoms with E-state index in [9.17, 15) is 25.5 Å². The first-order valence-corrected chi connectivity index (χ1v) is 14.1. The fourth-order valence-corrected chi connectivity index (χ4v) is 4.73. The third-order valence-electron chi connectivity index (χ3n) is 7.09. The minimum atomic E-state index is -1.94. The maximum Gasteiger partial charge on any atom is 0.195 e. The fraction of sp³-hybridized carbons (Fsp3) is 0.929. The molecule has 0 aliphatic carbocycles. The lowest BCUT2D eigenvalue weighted by Crippen LogP contribution is -2.66. The Kier molecular flexibility index (Phi) is 17.4. The number of rotatable bonds is 20. The molecule has 1 fully saturated rings. The number of aliphatic hydroxyl groups excluding tert-OH is 4. The molecule has 0 saturated carbocycles. The predicted octanol–water partition coefficient (Wildman–Crippen LogP) is 5.14. The SMILES string of the molecule is CCCCCCCCC=CCCCCCCCCC(O)[C@H]1OC(O)(CCCC)[C@H](O)[C@@H](O)[C@@H]1O. The molecule has 0 aromatic carbocycles. The summed E-state index contributed by atoms with van der Waals surface area (Å²) in [6, 6.07) is 0. The molecule has 6 atom stereocenters. The molecule has 1 aliphatic heterocycles. The highest BCUT2D eigenvalue weighted by Crippen LogP contribution is 2.34. The average molecular weight is 487 g/mol. The fourth-order valence-electron chi connectivity index (χ4n) is 4.73. The van der Waals surface area contributed by atoms with Crippen LogP contribution in [0.15, 0.2) is 12.2 Å². The van der Waals surface area contributed by atoms with Crippen molar-refractivity contribution in [2.75, 3.05) is 0 Å². The van der Waals surface area contributed by atoms with Gasteiger partial charge in [-0.3, -0.25) is 0 Å². The van der Waals surface area contributed by atoms with Gasteiger partial charge in [-0.05, 0) is 38.5 Å². The van der Waals surface area contributed by atoms with Gasteiger partial charge in [0.1, 0.15) is 24.4 Å². The van der Waals surface area contributed by atoms with Crippen molar-refractivity contribution in [3.05, 3.63) is 12.2 Å². The molecule has 0 radical (unpaired) electrons. The van der Waals surface area contributed by atoms with E-state index < -0.39 is 36.3 Å². The van der Waals surface area contributed by atoms with Crippen LogP contribution in [0.3, 0.4) is 0 Å². The number of ether oxygens (including phenoxy) is 1. The topological polar surface area (TPSA) is 110 Å². The normalized spacial score (nSPS) is 28.6. The molecule has 0 amide bonds. The molecule has 5 N–H and O–H groups in total. The first-order valence-electron chi connectivity index (χ1n) is 14.1. The van der Waals surface area contributed by atoms with E-state index in [0.717, 1.165) is 32.1 Å². The Morgan fingerprint density at radius 1 is 0.706 bits per heavy atom. The zero-order valence-electron chi connectivity index (χ0n) is 21.9. The van der Waals surface area contributed by atoms with Crippen molar-refractivity contribution in [2.45, 2.75) is 166 Å². The van der Waals surface area contributed by atoms with E-state index in [0.29, 0.717) is 12.8 Å². The molecule has 34 heavy (non-hydrogen) atoms. The Labute approximate surface area is 208 Å². The quantitative estimate of drug-likeness (QED) is 0.120. The third kappa shape index (κ3) is 12.0. The highest BCUT2D eigenvalue weighted by molar-refractivity contribution is 4.98. The monoisotopic (exact) mass is 486 g/mol. The molecule has 1 heterocycles. The highest BCUT2D eigenvalue weighted by Gasteiger charge is 2.53. The van der Waals surface area contributed by atoms with Crippen molar-refractivity contribution >= 4 is 0 Å². The molecule has 202 valence electrons. The van der Waals surface area contributed by atoms with Crippen molar-refractivity contribution in [1.29, 1.82) is 0 Å². The van der Waals surface area contributed by atoms with Crippen molar-refractivity contribution in [3.8, 4) is 0 Å². The van der Waals surface area contributed by atoms with Crippen LogP contribution in [-0.4, -0.2) is 61.8 Å². The van der Waals surface area contributed by atoms with Gasteiger partial charge in [0.15, 0.2) is 5.79 Å². The van der Waals surface area contributed by atoms with Crippen LogP contribution < -0.4 is 0 Å². The van der Waals surface area contributed by atoms with Crippen LogP contribution in [0.5, 0.6) is 0 Å². The molecule has 2 unspecified atom stereocenters. The van der Waals surface area contributed by atoms with E-state index in [1.165, 1.54) is 64.2 Å². The predicted molar refractivity (Wildman–Crippen MR) is 137 cm³/mol. The van der Waals surface area contributed by atoms with Gasteiger partial charge < -0.3 is 30.3 Å². The smallest absolute Gasteiger partial charge is 0.195 e. The van der Waals surface area contributed by atoms with Gasteiger partial charge in [0.05, 0.1) is 6.10 Å². The minimum absolute atomic E-state index is 0.145. The molecule has 6 heteroatoms. The number of hydrogen-bond donors (Lipinski definition) is 5. The van der Waals surface area contributed by atoms with E-state index in [4.69, 9.17) is 4.74 Å². The summed E-state index contributed by atoms with van der Waals surface area (Å²) in [4.78, 5) is 0. The van der Waals surface area contributed by atoms with E-state index in [-0.39, 0.29) is 6.42 Å². The van der Waals surface area contributed by atoms with E-state index in [1.54, 1.807) is 0 Å². The Morgan fingerprint density at radius 3 is 1.76 bits per heavy atom. The van der Waals surface area contributed by atoms with Gasteiger partial charge in [-0.25, -0.2) is 0 Å². The van der Waals surface area contributed by atoms with Gasteiger partial charge in [0.25, 0.3) is 0 Å². The van der Waals surface area contributed by atoms with Crippen molar-refractivity contribution in [1.82, 2.24) is 0 Å². The van der Waals surface area contributed by atoms with Crippen LogP contribution in [0.2, 0.25) is 0 Å². The summed E-state index contributed by atoms with van der Waals surface area (Å²) in [6.45, 7) is 4.20. The van der Waals surface area contributed by atoms with Gasteiger partial charge in [-0.15, -0.1) is 0 Å². The van der Waals surface area contributed by atoms with Gasteiger partial charge in [0.2, 0.25) is 0 Å². The maximum atomic E-state index is 10.6. The van der Waals surface area contributed by atoms with Crippen LogP contribution in [-0.2, 0) is 4.74 Å². The largest absolute Gasteiger partial charge is 0.390 e. The Balaban J connectivity index is 2.11. The number of hydrogen-bond acceptors (Lipinski definition) is 6. The Morgan fingerprint density at radius 2 is 1.21 bits per heavy atom. The van der Waals surface area contributed by atoms with E-state index >= 15 is 0 Å². The number of aliphatic hydroxyl groups is 5.